The first kappa shape index (κ1) is 22.7. The molecule has 0 bridgehead atoms. The molecule has 2 aromatic rings. The lowest BCUT2D eigenvalue weighted by molar-refractivity contribution is -0.164. The Labute approximate surface area is 176 Å². The fraction of sp³-hybridized carbons (Fsp3) is 0.364. The molecule has 1 amide bonds. The number of benzene rings is 2. The Morgan fingerprint density at radius 3 is 2.42 bits per heavy atom. The molecule has 0 saturated carbocycles. The molecule has 166 valence electrons. The van der Waals surface area contributed by atoms with Crippen molar-refractivity contribution in [3.05, 3.63) is 65.2 Å². The predicted octanol–water partition coefficient (Wildman–Crippen LogP) is 4.81. The van der Waals surface area contributed by atoms with Gasteiger partial charge in [0, 0.05) is 12.0 Å². The molecule has 3 rings (SSSR count). The van der Waals surface area contributed by atoms with E-state index in [4.69, 9.17) is 4.74 Å². The number of aliphatic hydroxyl groups is 1. The first-order valence-corrected chi connectivity index (χ1v) is 9.64. The highest BCUT2D eigenvalue weighted by molar-refractivity contribution is 5.99. The Morgan fingerprint density at radius 2 is 1.84 bits per heavy atom. The van der Waals surface area contributed by atoms with Crippen LogP contribution in [0.2, 0.25) is 0 Å². The van der Waals surface area contributed by atoms with E-state index in [1.165, 1.54) is 18.2 Å². The normalized spacial score (nSPS) is 18.8. The van der Waals surface area contributed by atoms with Gasteiger partial charge in [-0.05, 0) is 41.3 Å². The molecule has 0 aromatic heterocycles. The number of carbonyl (C=O) groups is 1. The van der Waals surface area contributed by atoms with Gasteiger partial charge in [-0.3, -0.25) is 4.79 Å². The Hall–Kier alpha value is -2.94. The van der Waals surface area contributed by atoms with E-state index in [0.717, 1.165) is 5.56 Å². The second-order valence-corrected chi connectivity index (χ2v) is 7.58. The average Bonchev–Trinajstić information content (AvgIpc) is 3.11. The van der Waals surface area contributed by atoms with Crippen LogP contribution >= 0.6 is 0 Å². The van der Waals surface area contributed by atoms with Gasteiger partial charge in [-0.15, -0.1) is 0 Å². The van der Waals surface area contributed by atoms with Gasteiger partial charge in [-0.25, -0.2) is 17.6 Å². The van der Waals surface area contributed by atoms with Gasteiger partial charge in [-0.1, -0.05) is 38.1 Å². The number of hydrogen-bond donors (Lipinski definition) is 1. The lowest BCUT2D eigenvalue weighted by Gasteiger charge is -2.30. The molecule has 9 heteroatoms. The Balaban J connectivity index is 1.76. The van der Waals surface area contributed by atoms with Crippen molar-refractivity contribution in [2.45, 2.75) is 51.4 Å². The zero-order chi connectivity index (χ0) is 22.8. The molecule has 2 aromatic carbocycles. The summed E-state index contributed by atoms with van der Waals surface area (Å²) in [6.07, 6.45) is -7.76. The molecule has 1 N–H and O–H groups in total. The molecule has 0 unspecified atom stereocenters. The van der Waals surface area contributed by atoms with Crippen molar-refractivity contribution in [1.82, 2.24) is 5.01 Å². The maximum Gasteiger partial charge on any atom is 0.287 e. The lowest BCUT2D eigenvalue weighted by atomic mass is 10.0. The molecule has 1 atom stereocenters. The number of alkyl halides is 4. The van der Waals surface area contributed by atoms with Crippen molar-refractivity contribution in [2.24, 2.45) is 5.10 Å². The van der Waals surface area contributed by atoms with Crippen LogP contribution in [-0.4, -0.2) is 40.3 Å². The van der Waals surface area contributed by atoms with E-state index in [2.05, 4.69) is 18.9 Å². The fourth-order valence-electron chi connectivity index (χ4n) is 3.14. The minimum absolute atomic E-state index is 0.0454. The summed E-state index contributed by atoms with van der Waals surface area (Å²) in [5.74, 6) is -0.122. The molecule has 1 heterocycles. The van der Waals surface area contributed by atoms with Crippen LogP contribution in [0.15, 0.2) is 53.6 Å². The van der Waals surface area contributed by atoms with E-state index in [1.807, 2.05) is 24.3 Å². The Bertz CT molecular complexity index is 963. The SMILES string of the molecule is CC(C)c1ccc(OCc2cccc(C(=O)N3N=C(C(F)F)C[C@]3(O)C(F)F)c2)cc1. The van der Waals surface area contributed by atoms with Crippen LogP contribution in [0.1, 0.15) is 47.7 Å². The van der Waals surface area contributed by atoms with E-state index in [0.29, 0.717) is 17.2 Å². The number of rotatable bonds is 7. The van der Waals surface area contributed by atoms with Gasteiger partial charge < -0.3 is 9.84 Å². The highest BCUT2D eigenvalue weighted by Gasteiger charge is 2.53. The average molecular weight is 438 g/mol. The molecular formula is C22H22F4N2O3. The van der Waals surface area contributed by atoms with Crippen LogP contribution in [0.5, 0.6) is 5.75 Å². The van der Waals surface area contributed by atoms with E-state index in [-0.39, 0.29) is 17.2 Å². The van der Waals surface area contributed by atoms with E-state index >= 15 is 0 Å². The van der Waals surface area contributed by atoms with Crippen molar-refractivity contribution in [3.63, 3.8) is 0 Å². The summed E-state index contributed by atoms with van der Waals surface area (Å²) in [6, 6.07) is 13.4. The van der Waals surface area contributed by atoms with Crippen LogP contribution in [0.4, 0.5) is 17.6 Å². The third kappa shape index (κ3) is 4.87. The van der Waals surface area contributed by atoms with E-state index < -0.39 is 36.6 Å². The highest BCUT2D eigenvalue weighted by Crippen LogP contribution is 2.34. The number of ether oxygens (including phenoxy) is 1. The third-order valence-electron chi connectivity index (χ3n) is 4.96. The minimum Gasteiger partial charge on any atom is -0.489 e. The van der Waals surface area contributed by atoms with Crippen molar-refractivity contribution in [1.29, 1.82) is 0 Å². The van der Waals surface area contributed by atoms with Crippen LogP contribution in [-0.2, 0) is 6.61 Å². The molecule has 0 fully saturated rings. The number of hydrazone groups is 1. The highest BCUT2D eigenvalue weighted by atomic mass is 19.3. The number of carbonyl (C=O) groups excluding carboxylic acids is 1. The van der Waals surface area contributed by atoms with Gasteiger partial charge in [0.15, 0.2) is 0 Å². The summed E-state index contributed by atoms with van der Waals surface area (Å²) in [5, 5.41) is 13.5. The summed E-state index contributed by atoms with van der Waals surface area (Å²) in [5.41, 5.74) is -2.47. The second-order valence-electron chi connectivity index (χ2n) is 7.58. The number of amides is 1. The summed E-state index contributed by atoms with van der Waals surface area (Å²) in [4.78, 5) is 12.7. The molecule has 1 aliphatic heterocycles. The molecule has 1 aliphatic rings. The maximum atomic E-state index is 13.4. The zero-order valence-corrected chi connectivity index (χ0v) is 16.9. The van der Waals surface area contributed by atoms with Crippen molar-refractivity contribution >= 4 is 11.6 Å². The molecule has 0 radical (unpaired) electrons. The van der Waals surface area contributed by atoms with Gasteiger partial charge in [0.25, 0.3) is 18.8 Å². The molecule has 5 nitrogen and oxygen atoms in total. The van der Waals surface area contributed by atoms with E-state index in [9.17, 15) is 27.5 Å². The van der Waals surface area contributed by atoms with Gasteiger partial charge in [0.1, 0.15) is 18.1 Å². The number of halogens is 4. The third-order valence-corrected chi connectivity index (χ3v) is 4.96. The van der Waals surface area contributed by atoms with Gasteiger partial charge in [0.2, 0.25) is 5.72 Å². The van der Waals surface area contributed by atoms with E-state index in [1.54, 1.807) is 6.07 Å². The van der Waals surface area contributed by atoms with Gasteiger partial charge >= 0.3 is 0 Å². The minimum atomic E-state index is -3.48. The molecule has 0 saturated heterocycles. The van der Waals surface area contributed by atoms with Gasteiger partial charge in [-0.2, -0.15) is 10.1 Å². The summed E-state index contributed by atoms with van der Waals surface area (Å²) >= 11 is 0. The zero-order valence-electron chi connectivity index (χ0n) is 16.9. The number of hydrogen-bond acceptors (Lipinski definition) is 4. The van der Waals surface area contributed by atoms with Crippen molar-refractivity contribution in [3.8, 4) is 5.75 Å². The largest absolute Gasteiger partial charge is 0.489 e. The lowest BCUT2D eigenvalue weighted by Crippen LogP contribution is -2.51. The predicted molar refractivity (Wildman–Crippen MR) is 106 cm³/mol. The van der Waals surface area contributed by atoms with Gasteiger partial charge in [0.05, 0.1) is 0 Å². The van der Waals surface area contributed by atoms with Crippen LogP contribution in [0, 0.1) is 0 Å². The van der Waals surface area contributed by atoms with Crippen molar-refractivity contribution in [2.75, 3.05) is 0 Å². The molecular weight excluding hydrogens is 416 g/mol. The summed E-state index contributed by atoms with van der Waals surface area (Å²) < 4.78 is 58.3. The van der Waals surface area contributed by atoms with Crippen molar-refractivity contribution < 1.29 is 32.2 Å². The molecule has 0 aliphatic carbocycles. The summed E-state index contributed by atoms with van der Waals surface area (Å²) in [6.45, 7) is 4.23. The number of nitrogens with zero attached hydrogens (tertiary/aromatic N) is 2. The topological polar surface area (TPSA) is 62.1 Å². The smallest absolute Gasteiger partial charge is 0.287 e. The van der Waals surface area contributed by atoms with Crippen LogP contribution in [0.3, 0.4) is 0 Å². The maximum absolute atomic E-state index is 13.4. The Morgan fingerprint density at radius 1 is 1.16 bits per heavy atom. The first-order chi connectivity index (χ1) is 14.6. The van der Waals surface area contributed by atoms with Crippen LogP contribution in [0.25, 0.3) is 0 Å². The molecule has 31 heavy (non-hydrogen) atoms. The van der Waals surface area contributed by atoms with Crippen LogP contribution < -0.4 is 4.74 Å². The fourth-order valence-corrected chi connectivity index (χ4v) is 3.14. The quantitative estimate of drug-likeness (QED) is 0.631. The molecule has 0 spiro atoms. The first-order valence-electron chi connectivity index (χ1n) is 9.64. The monoisotopic (exact) mass is 438 g/mol. The standard InChI is InChI=1S/C22H22F4N2O3/c1-13(2)15-6-8-17(9-7-15)31-12-14-4-3-5-16(10-14)20(29)28-22(30,21(25)26)11-18(27-28)19(23)24/h3-10,13,19,21,30H,11-12H2,1-2H3/t22-/m0/s1. The summed E-state index contributed by atoms with van der Waals surface area (Å²) in [7, 11) is 0. The Kier molecular flexibility index (Phi) is 6.64. The second kappa shape index (κ2) is 9.05.